The monoisotopic (exact) mass is 582 g/mol. The van der Waals surface area contributed by atoms with E-state index in [9.17, 15) is 24.0 Å². The van der Waals surface area contributed by atoms with Gasteiger partial charge in [-0.2, -0.15) is 0 Å². The van der Waals surface area contributed by atoms with Crippen LogP contribution in [0.2, 0.25) is 0 Å². The number of rotatable bonds is 14. The molecule has 4 unspecified atom stereocenters. The Kier molecular flexibility index (Phi) is 13.0. The summed E-state index contributed by atoms with van der Waals surface area (Å²) in [6.07, 6.45) is -0.759. The lowest BCUT2D eigenvalue weighted by Crippen LogP contribution is -2.59. The zero-order chi connectivity index (χ0) is 31.3. The van der Waals surface area contributed by atoms with Crippen LogP contribution in [0.5, 0.6) is 0 Å². The third kappa shape index (κ3) is 12.0. The second kappa shape index (κ2) is 16.1. The molecule has 11 heteroatoms. The number of primary amides is 1. The highest BCUT2D eigenvalue weighted by Crippen LogP contribution is 2.12. The van der Waals surface area contributed by atoms with E-state index < -0.39 is 59.9 Å². The lowest BCUT2D eigenvalue weighted by molar-refractivity contribution is -0.147. The SMILES string of the molecule is CCC(C)C(NC(=O)C(CC(=O)OCc1ccccc1)NC(=O)OC(C)(C)C)C(=O)NC(Cc1ccccc1)C(N)=O. The normalized spacial score (nSPS) is 13.9. The molecule has 0 spiro atoms. The fourth-order valence-electron chi connectivity index (χ4n) is 3.91. The first-order chi connectivity index (χ1) is 19.8. The van der Waals surface area contributed by atoms with E-state index in [4.69, 9.17) is 15.2 Å². The lowest BCUT2D eigenvalue weighted by atomic mass is 9.96. The zero-order valence-electron chi connectivity index (χ0n) is 24.8. The summed E-state index contributed by atoms with van der Waals surface area (Å²) in [6, 6.07) is 14.5. The van der Waals surface area contributed by atoms with Crippen LogP contribution in [0.1, 0.15) is 58.6 Å². The van der Waals surface area contributed by atoms with Crippen LogP contribution in [0.15, 0.2) is 60.7 Å². The molecule has 0 fully saturated rings. The van der Waals surface area contributed by atoms with Gasteiger partial charge in [-0.25, -0.2) is 4.79 Å². The Balaban J connectivity index is 2.19. The third-order valence-electron chi connectivity index (χ3n) is 6.36. The predicted molar refractivity (Wildman–Crippen MR) is 157 cm³/mol. The Morgan fingerprint density at radius 1 is 0.810 bits per heavy atom. The van der Waals surface area contributed by atoms with E-state index in [0.29, 0.717) is 6.42 Å². The topological polar surface area (TPSA) is 166 Å². The van der Waals surface area contributed by atoms with Crippen molar-refractivity contribution in [2.45, 2.75) is 84.2 Å². The number of hydrogen-bond donors (Lipinski definition) is 4. The average Bonchev–Trinajstić information content (AvgIpc) is 2.93. The third-order valence-corrected chi connectivity index (χ3v) is 6.36. The van der Waals surface area contributed by atoms with Gasteiger partial charge in [0, 0.05) is 6.42 Å². The number of esters is 1. The fraction of sp³-hybridized carbons (Fsp3) is 0.452. The van der Waals surface area contributed by atoms with Gasteiger partial charge >= 0.3 is 12.1 Å². The smallest absolute Gasteiger partial charge is 0.408 e. The van der Waals surface area contributed by atoms with Crippen LogP contribution in [0, 0.1) is 5.92 Å². The second-order valence-corrected chi connectivity index (χ2v) is 11.1. The Hall–Kier alpha value is -4.41. The van der Waals surface area contributed by atoms with Gasteiger partial charge in [-0.1, -0.05) is 80.9 Å². The first-order valence-corrected chi connectivity index (χ1v) is 13.9. The molecule has 0 saturated heterocycles. The van der Waals surface area contributed by atoms with E-state index in [1.54, 1.807) is 76.2 Å². The summed E-state index contributed by atoms with van der Waals surface area (Å²) < 4.78 is 10.6. The molecule has 4 atom stereocenters. The molecule has 0 heterocycles. The molecule has 2 rings (SSSR count). The molecule has 0 aliphatic carbocycles. The van der Waals surface area contributed by atoms with E-state index in [1.807, 2.05) is 19.1 Å². The molecule has 42 heavy (non-hydrogen) atoms. The standard InChI is InChI=1S/C31H42N4O7/c1-6-20(2)26(29(39)33-23(27(32)37)17-21-13-9-7-10-14-21)35-28(38)24(34-30(40)42-31(3,4)5)18-25(36)41-19-22-15-11-8-12-16-22/h7-16,20,23-24,26H,6,17-19H2,1-5H3,(H2,32,37)(H,33,39)(H,34,40)(H,35,38). The Morgan fingerprint density at radius 3 is 1.90 bits per heavy atom. The van der Waals surface area contributed by atoms with E-state index in [0.717, 1.165) is 11.1 Å². The van der Waals surface area contributed by atoms with E-state index in [-0.39, 0.29) is 18.9 Å². The molecular weight excluding hydrogens is 540 g/mol. The highest BCUT2D eigenvalue weighted by molar-refractivity contribution is 5.95. The minimum absolute atomic E-state index is 0.0196. The van der Waals surface area contributed by atoms with Crippen LogP contribution < -0.4 is 21.7 Å². The van der Waals surface area contributed by atoms with Gasteiger partial charge in [-0.3, -0.25) is 19.2 Å². The van der Waals surface area contributed by atoms with Crippen molar-refractivity contribution in [3.05, 3.63) is 71.8 Å². The van der Waals surface area contributed by atoms with Gasteiger partial charge in [0.1, 0.15) is 30.3 Å². The summed E-state index contributed by atoms with van der Waals surface area (Å²) >= 11 is 0. The molecule has 5 N–H and O–H groups in total. The zero-order valence-corrected chi connectivity index (χ0v) is 24.8. The van der Waals surface area contributed by atoms with Crippen molar-refractivity contribution in [3.8, 4) is 0 Å². The molecule has 0 aliphatic heterocycles. The van der Waals surface area contributed by atoms with Gasteiger partial charge < -0.3 is 31.2 Å². The Morgan fingerprint density at radius 2 is 1.38 bits per heavy atom. The largest absolute Gasteiger partial charge is 0.461 e. The molecule has 4 amide bonds. The molecule has 0 aromatic heterocycles. The van der Waals surface area contributed by atoms with Crippen LogP contribution in [0.4, 0.5) is 4.79 Å². The maximum absolute atomic E-state index is 13.4. The number of alkyl carbamates (subject to hydrolysis) is 1. The second-order valence-electron chi connectivity index (χ2n) is 11.1. The number of amides is 4. The van der Waals surface area contributed by atoms with Gasteiger partial charge in [0.05, 0.1) is 6.42 Å². The molecule has 0 aliphatic rings. The molecule has 11 nitrogen and oxygen atoms in total. The van der Waals surface area contributed by atoms with Crippen molar-refractivity contribution in [2.75, 3.05) is 0 Å². The minimum Gasteiger partial charge on any atom is -0.461 e. The minimum atomic E-state index is -1.40. The van der Waals surface area contributed by atoms with Crippen molar-refractivity contribution in [3.63, 3.8) is 0 Å². The Labute approximate surface area is 246 Å². The molecule has 228 valence electrons. The highest BCUT2D eigenvalue weighted by Gasteiger charge is 2.34. The number of nitrogens with one attached hydrogen (secondary N) is 3. The fourth-order valence-corrected chi connectivity index (χ4v) is 3.91. The number of nitrogens with two attached hydrogens (primary N) is 1. The van der Waals surface area contributed by atoms with Crippen molar-refractivity contribution in [2.24, 2.45) is 11.7 Å². The number of carbonyl (C=O) groups excluding carboxylic acids is 5. The molecule has 0 radical (unpaired) electrons. The van der Waals surface area contributed by atoms with Gasteiger partial charge in [0.25, 0.3) is 0 Å². The quantitative estimate of drug-likeness (QED) is 0.249. The Bertz CT molecular complexity index is 1200. The van der Waals surface area contributed by atoms with Crippen molar-refractivity contribution in [1.82, 2.24) is 16.0 Å². The summed E-state index contributed by atoms with van der Waals surface area (Å²) in [7, 11) is 0. The van der Waals surface area contributed by atoms with Crippen LogP contribution in [0.25, 0.3) is 0 Å². The van der Waals surface area contributed by atoms with Gasteiger partial charge in [-0.15, -0.1) is 0 Å². The lowest BCUT2D eigenvalue weighted by Gasteiger charge is -2.28. The number of benzene rings is 2. The summed E-state index contributed by atoms with van der Waals surface area (Å²) in [5.41, 5.74) is 6.25. The van der Waals surface area contributed by atoms with Crippen LogP contribution in [-0.4, -0.2) is 53.5 Å². The van der Waals surface area contributed by atoms with E-state index >= 15 is 0 Å². The van der Waals surface area contributed by atoms with Crippen LogP contribution in [0.3, 0.4) is 0 Å². The summed E-state index contributed by atoms with van der Waals surface area (Å²) in [5, 5.41) is 7.70. The molecule has 0 bridgehead atoms. The van der Waals surface area contributed by atoms with E-state index in [1.165, 1.54) is 0 Å². The molecular formula is C31H42N4O7. The summed E-state index contributed by atoms with van der Waals surface area (Å²) in [4.78, 5) is 64.2. The molecule has 2 aromatic rings. The van der Waals surface area contributed by atoms with Crippen LogP contribution >= 0.6 is 0 Å². The average molecular weight is 583 g/mol. The number of carbonyl (C=O) groups is 5. The maximum Gasteiger partial charge on any atom is 0.408 e. The molecule has 0 saturated carbocycles. The van der Waals surface area contributed by atoms with Gasteiger partial charge in [0.15, 0.2) is 0 Å². The first-order valence-electron chi connectivity index (χ1n) is 13.9. The highest BCUT2D eigenvalue weighted by atomic mass is 16.6. The van der Waals surface area contributed by atoms with Crippen molar-refractivity contribution >= 4 is 29.8 Å². The van der Waals surface area contributed by atoms with Crippen molar-refractivity contribution in [1.29, 1.82) is 0 Å². The summed E-state index contributed by atoms with van der Waals surface area (Å²) in [5.74, 6) is -3.26. The number of ether oxygens (including phenoxy) is 2. The predicted octanol–water partition coefficient (Wildman–Crippen LogP) is 2.76. The van der Waals surface area contributed by atoms with Gasteiger partial charge in [-0.05, 0) is 37.8 Å². The molecule has 2 aromatic carbocycles. The van der Waals surface area contributed by atoms with E-state index in [2.05, 4.69) is 16.0 Å². The van der Waals surface area contributed by atoms with Gasteiger partial charge in [0.2, 0.25) is 17.7 Å². The summed E-state index contributed by atoms with van der Waals surface area (Å²) in [6.45, 7) is 8.54. The first kappa shape index (κ1) is 33.8. The maximum atomic E-state index is 13.4. The van der Waals surface area contributed by atoms with Crippen molar-refractivity contribution < 1.29 is 33.4 Å². The van der Waals surface area contributed by atoms with Crippen LogP contribution in [-0.2, 0) is 41.7 Å². The number of hydrogen-bond acceptors (Lipinski definition) is 7.